The fraction of sp³-hybridized carbons (Fsp3) is 0.615. The first-order chi connectivity index (χ1) is 25.5. The van der Waals surface area contributed by atoms with Crippen LogP contribution < -0.4 is 30.1 Å². The standard InChI is InChI=1S/C39H54N6O8S.4H2/c1-7-24-19-23(2)11-8-9-12-25-21-39(25,36(48)44-54(50,51)27-15-16-27)42-33(46)30-20-26(22-45(30)35(47)32(24)41-37(49)43-38(3,4)5)53-34-29-13-10-14-31(52-6)28(29)17-18-40-34;;;;/h9-10,12-14,17-18,23-27,30,32H,7-8,11,15-16,19-22H2,1-6H3,(H,42,46)(H,44,48)(H2,41,43,49);4*1H/b12-9-;;;;/t23-,24+,25+,26+,30-,32-,39+;;;;/m0..../s1. The predicted molar refractivity (Wildman–Crippen MR) is 211 cm³/mol. The summed E-state index contributed by atoms with van der Waals surface area (Å²) in [7, 11) is -2.32. The average molecular weight is 775 g/mol. The van der Waals surface area contributed by atoms with Crippen LogP contribution in [-0.4, -0.2) is 90.2 Å². The largest absolute Gasteiger partial charge is 0.496 e. The number of sulfonamides is 1. The van der Waals surface area contributed by atoms with E-state index in [4.69, 9.17) is 9.47 Å². The van der Waals surface area contributed by atoms with Gasteiger partial charge in [-0.3, -0.25) is 19.1 Å². The second-order valence-corrected chi connectivity index (χ2v) is 18.4. The molecule has 15 heteroatoms. The van der Waals surface area contributed by atoms with Gasteiger partial charge in [0.25, 0.3) is 5.91 Å². The Hall–Kier alpha value is -4.40. The molecular formula is C39H62N6O8S. The van der Waals surface area contributed by atoms with Crippen molar-refractivity contribution < 1.29 is 42.8 Å². The maximum atomic E-state index is 14.9. The molecule has 3 fully saturated rings. The third kappa shape index (κ3) is 8.61. The van der Waals surface area contributed by atoms with Gasteiger partial charge in [0.15, 0.2) is 0 Å². The summed E-state index contributed by atoms with van der Waals surface area (Å²) in [4.78, 5) is 62.5. The van der Waals surface area contributed by atoms with Gasteiger partial charge >= 0.3 is 6.03 Å². The van der Waals surface area contributed by atoms with Crippen molar-refractivity contribution in [2.45, 2.75) is 121 Å². The molecule has 0 radical (unpaired) electrons. The number of amides is 5. The molecular weight excluding hydrogens is 713 g/mol. The fourth-order valence-electron chi connectivity index (χ4n) is 7.82. The number of urea groups is 1. The first kappa shape index (κ1) is 39.3. The number of hydrogen-bond donors (Lipinski definition) is 4. The number of rotatable bonds is 8. The number of ether oxygens (including phenoxy) is 2. The van der Waals surface area contributed by atoms with E-state index >= 15 is 0 Å². The van der Waals surface area contributed by atoms with E-state index in [1.165, 1.54) is 4.90 Å². The van der Waals surface area contributed by atoms with Gasteiger partial charge in [-0.1, -0.05) is 38.5 Å². The number of benzene rings is 1. The third-order valence-electron chi connectivity index (χ3n) is 11.0. The second kappa shape index (κ2) is 15.4. The lowest BCUT2D eigenvalue weighted by atomic mass is 9.85. The van der Waals surface area contributed by atoms with E-state index in [1.54, 1.807) is 13.3 Å². The van der Waals surface area contributed by atoms with Crippen molar-refractivity contribution in [3.05, 3.63) is 42.6 Å². The van der Waals surface area contributed by atoms with Crippen LogP contribution in [0.3, 0.4) is 0 Å². The molecule has 0 spiro atoms. The number of allylic oxidation sites excluding steroid dienone is 1. The highest BCUT2D eigenvalue weighted by atomic mass is 32.2. The molecule has 0 unspecified atom stereocenters. The molecule has 6 rings (SSSR count). The molecule has 1 aromatic carbocycles. The van der Waals surface area contributed by atoms with Crippen molar-refractivity contribution in [1.29, 1.82) is 0 Å². The van der Waals surface area contributed by atoms with Crippen molar-refractivity contribution in [3.63, 3.8) is 0 Å². The van der Waals surface area contributed by atoms with Crippen LogP contribution >= 0.6 is 0 Å². The maximum absolute atomic E-state index is 14.9. The molecule has 7 atom stereocenters. The van der Waals surface area contributed by atoms with Crippen molar-refractivity contribution in [2.75, 3.05) is 13.7 Å². The summed E-state index contributed by atoms with van der Waals surface area (Å²) in [5, 5.41) is 9.63. The van der Waals surface area contributed by atoms with Gasteiger partial charge < -0.3 is 30.3 Å². The monoisotopic (exact) mass is 774 g/mol. The highest BCUT2D eigenvalue weighted by Crippen LogP contribution is 2.46. The van der Waals surface area contributed by atoms with E-state index < -0.39 is 74.2 Å². The minimum Gasteiger partial charge on any atom is -0.496 e. The molecule has 2 aliphatic carbocycles. The molecule has 14 nitrogen and oxygen atoms in total. The van der Waals surface area contributed by atoms with Crippen LogP contribution in [0.5, 0.6) is 11.6 Å². The zero-order valence-electron chi connectivity index (χ0n) is 32.0. The number of nitrogens with zero attached hydrogens (tertiary/aromatic N) is 2. The summed E-state index contributed by atoms with van der Waals surface area (Å²) in [5.74, 6) is -1.38. The van der Waals surface area contributed by atoms with Crippen LogP contribution in [-0.2, 0) is 24.4 Å². The quantitative estimate of drug-likeness (QED) is 0.270. The zero-order valence-corrected chi connectivity index (χ0v) is 32.8. The molecule has 54 heavy (non-hydrogen) atoms. The molecule has 5 amide bonds. The number of carbonyl (C=O) groups excluding carboxylic acids is 4. The minimum absolute atomic E-state index is 0. The number of aromatic nitrogens is 1. The third-order valence-corrected chi connectivity index (χ3v) is 12.8. The number of fused-ring (bicyclic) bond motifs is 3. The average Bonchev–Trinajstić information content (AvgIpc) is 4.04. The summed E-state index contributed by atoms with van der Waals surface area (Å²) in [6.45, 7) is 9.66. The van der Waals surface area contributed by atoms with Crippen molar-refractivity contribution in [1.82, 2.24) is 30.6 Å². The highest BCUT2D eigenvalue weighted by molar-refractivity contribution is 7.91. The van der Waals surface area contributed by atoms with Gasteiger partial charge in [0.05, 0.1) is 18.9 Å². The molecule has 4 N–H and O–H groups in total. The lowest BCUT2D eigenvalue weighted by Crippen LogP contribution is -2.60. The van der Waals surface area contributed by atoms with Crippen LogP contribution in [0.4, 0.5) is 4.79 Å². The molecule has 2 aliphatic heterocycles. The Bertz CT molecular complexity index is 1930. The van der Waals surface area contributed by atoms with Crippen molar-refractivity contribution in [2.24, 2.45) is 17.8 Å². The van der Waals surface area contributed by atoms with Crippen LogP contribution in [0.25, 0.3) is 10.8 Å². The molecule has 302 valence electrons. The first-order valence-corrected chi connectivity index (χ1v) is 20.6. The van der Waals surface area contributed by atoms with Gasteiger partial charge in [-0.05, 0) is 89.3 Å². The molecule has 4 aliphatic rings. The van der Waals surface area contributed by atoms with E-state index in [0.717, 1.165) is 11.8 Å². The van der Waals surface area contributed by atoms with Gasteiger partial charge in [0, 0.05) is 40.6 Å². The van der Waals surface area contributed by atoms with Gasteiger partial charge in [0.2, 0.25) is 27.7 Å². The van der Waals surface area contributed by atoms with E-state index in [9.17, 15) is 27.6 Å². The second-order valence-electron chi connectivity index (χ2n) is 16.4. The van der Waals surface area contributed by atoms with Crippen LogP contribution in [0.2, 0.25) is 0 Å². The van der Waals surface area contributed by atoms with Crippen molar-refractivity contribution in [3.8, 4) is 11.6 Å². The Morgan fingerprint density at radius 2 is 1.87 bits per heavy atom. The highest BCUT2D eigenvalue weighted by Gasteiger charge is 2.62. The van der Waals surface area contributed by atoms with Crippen LogP contribution in [0.1, 0.15) is 91.7 Å². The Balaban J connectivity index is 0.00000290. The maximum Gasteiger partial charge on any atom is 0.315 e. The molecule has 2 saturated carbocycles. The van der Waals surface area contributed by atoms with E-state index in [0.29, 0.717) is 49.1 Å². The van der Waals surface area contributed by atoms with Gasteiger partial charge in [-0.25, -0.2) is 18.2 Å². The SMILES string of the molecule is CC[C@@H]1C[C@@H](C)CC/C=C\[C@@H]2C[C@@]2(C(=O)NS(=O)(=O)C2CC2)NC(=O)[C@@H]2C[C@@H](Oc3nccc4c(OC)cccc34)CN2C(=O)[C@H]1NC(=O)NC(C)(C)C.[HH].[HH].[HH].[HH]. The Kier molecular flexibility index (Phi) is 11.2. The summed E-state index contributed by atoms with van der Waals surface area (Å²) < 4.78 is 40.0. The number of hydrogen-bond acceptors (Lipinski definition) is 9. The van der Waals surface area contributed by atoms with Crippen LogP contribution in [0.15, 0.2) is 42.6 Å². The lowest BCUT2D eigenvalue weighted by Gasteiger charge is -2.34. The Labute approximate surface area is 323 Å². The smallest absolute Gasteiger partial charge is 0.315 e. The number of methoxy groups -OCH3 is 1. The molecule has 0 bridgehead atoms. The number of pyridine rings is 1. The van der Waals surface area contributed by atoms with E-state index in [-0.39, 0.29) is 36.9 Å². The van der Waals surface area contributed by atoms with Crippen LogP contribution in [0, 0.1) is 17.8 Å². The van der Waals surface area contributed by atoms with E-state index in [1.807, 2.05) is 64.1 Å². The minimum atomic E-state index is -3.89. The predicted octanol–water partition coefficient (Wildman–Crippen LogP) is 4.93. The van der Waals surface area contributed by atoms with Gasteiger partial charge in [-0.2, -0.15) is 0 Å². The van der Waals surface area contributed by atoms with Gasteiger partial charge in [0.1, 0.15) is 29.5 Å². The Morgan fingerprint density at radius 1 is 1.11 bits per heavy atom. The number of carbonyl (C=O) groups is 4. The summed E-state index contributed by atoms with van der Waals surface area (Å²) in [6, 6.07) is 4.76. The molecule has 3 heterocycles. The normalized spacial score (nSPS) is 29.8. The zero-order chi connectivity index (χ0) is 39.0. The fourth-order valence-corrected chi connectivity index (χ4v) is 9.18. The molecule has 1 aromatic heterocycles. The summed E-state index contributed by atoms with van der Waals surface area (Å²) >= 11 is 0. The summed E-state index contributed by atoms with van der Waals surface area (Å²) in [5.41, 5.74) is -2.07. The first-order valence-electron chi connectivity index (χ1n) is 19.1. The number of nitrogens with one attached hydrogen (secondary N) is 4. The lowest BCUT2D eigenvalue weighted by molar-refractivity contribution is -0.142. The summed E-state index contributed by atoms with van der Waals surface area (Å²) in [6.07, 6.45) is 8.75. The Morgan fingerprint density at radius 3 is 2.56 bits per heavy atom. The van der Waals surface area contributed by atoms with E-state index in [2.05, 4.69) is 32.6 Å². The van der Waals surface area contributed by atoms with Crippen molar-refractivity contribution >= 4 is 44.5 Å². The molecule has 2 aromatic rings. The topological polar surface area (TPSA) is 185 Å². The van der Waals surface area contributed by atoms with Gasteiger partial charge in [-0.15, -0.1) is 0 Å². The molecule has 1 saturated heterocycles.